The number of aliphatic imine (C=N–C) groups is 1. The fourth-order valence-corrected chi connectivity index (χ4v) is 2.79. The fraction of sp³-hybridized carbons (Fsp3) is 0.261. The zero-order valence-corrected chi connectivity index (χ0v) is 17.0. The molecule has 7 nitrogen and oxygen atoms in total. The summed E-state index contributed by atoms with van der Waals surface area (Å²) in [6.45, 7) is 3.00. The number of para-hydroxylation sites is 1. The van der Waals surface area contributed by atoms with Gasteiger partial charge in [0.2, 0.25) is 0 Å². The van der Waals surface area contributed by atoms with Crippen molar-refractivity contribution in [1.82, 2.24) is 20.6 Å². The third kappa shape index (κ3) is 7.09. The minimum absolute atomic E-state index is 0.0485. The Morgan fingerprint density at radius 3 is 2.57 bits per heavy atom. The maximum absolute atomic E-state index is 12.6. The van der Waals surface area contributed by atoms with Crippen LogP contribution in [0.25, 0.3) is 0 Å². The minimum Gasteiger partial charge on any atom is -0.491 e. The van der Waals surface area contributed by atoms with Gasteiger partial charge in [-0.3, -0.25) is 15.1 Å². The molecule has 1 atom stereocenters. The van der Waals surface area contributed by atoms with Crippen LogP contribution < -0.4 is 15.4 Å². The van der Waals surface area contributed by atoms with Gasteiger partial charge in [0, 0.05) is 24.0 Å². The van der Waals surface area contributed by atoms with E-state index in [0.717, 1.165) is 24.3 Å². The second kappa shape index (κ2) is 11.4. The molecule has 0 aliphatic rings. The van der Waals surface area contributed by atoms with Crippen LogP contribution >= 0.6 is 0 Å². The third-order valence-corrected chi connectivity index (χ3v) is 4.32. The van der Waals surface area contributed by atoms with Gasteiger partial charge in [-0.1, -0.05) is 36.4 Å². The number of rotatable bonds is 9. The quantitative estimate of drug-likeness (QED) is 0.290. The lowest BCUT2D eigenvalue weighted by Gasteiger charge is -2.18. The number of carbonyl (C=O) groups is 1. The molecule has 0 saturated heterocycles. The normalized spacial score (nSPS) is 12.2. The zero-order chi connectivity index (χ0) is 21.0. The molecule has 0 bridgehead atoms. The molecule has 1 aromatic heterocycles. The van der Waals surface area contributed by atoms with Crippen LogP contribution in [0.1, 0.15) is 29.4 Å². The predicted octanol–water partition coefficient (Wildman–Crippen LogP) is 3.19. The summed E-state index contributed by atoms with van der Waals surface area (Å²) in [5, 5.41) is 6.13. The van der Waals surface area contributed by atoms with Crippen LogP contribution in [0.4, 0.5) is 0 Å². The van der Waals surface area contributed by atoms with Gasteiger partial charge in [-0.15, -0.1) is 0 Å². The van der Waals surface area contributed by atoms with E-state index in [0.29, 0.717) is 24.7 Å². The molecule has 0 aliphatic carbocycles. The number of H-pyrrole nitrogens is 1. The summed E-state index contributed by atoms with van der Waals surface area (Å²) in [5.41, 5.74) is 1.65. The van der Waals surface area contributed by atoms with Crippen molar-refractivity contribution in [2.45, 2.75) is 25.8 Å². The Labute approximate surface area is 176 Å². The lowest BCUT2D eigenvalue weighted by molar-refractivity contribution is 0.0975. The van der Waals surface area contributed by atoms with Crippen molar-refractivity contribution >= 4 is 11.9 Å². The van der Waals surface area contributed by atoms with Crippen molar-refractivity contribution in [3.63, 3.8) is 0 Å². The molecule has 0 saturated carbocycles. The van der Waals surface area contributed by atoms with Crippen LogP contribution in [0.15, 0.2) is 78.2 Å². The Bertz CT molecular complexity index is 911. The second-order valence-corrected chi connectivity index (χ2v) is 6.90. The zero-order valence-electron chi connectivity index (χ0n) is 17.0. The van der Waals surface area contributed by atoms with E-state index in [-0.39, 0.29) is 11.9 Å². The number of aromatic amines is 1. The first-order valence-electron chi connectivity index (χ1n) is 10.0. The molecular formula is C23H27N5O2. The molecule has 30 heavy (non-hydrogen) atoms. The van der Waals surface area contributed by atoms with Gasteiger partial charge in [0.25, 0.3) is 5.91 Å². The van der Waals surface area contributed by atoms with Crippen molar-refractivity contribution in [2.75, 3.05) is 13.2 Å². The largest absolute Gasteiger partial charge is 0.491 e. The number of hydrogen-bond acceptors (Lipinski definition) is 4. The van der Waals surface area contributed by atoms with E-state index in [9.17, 15) is 4.79 Å². The van der Waals surface area contributed by atoms with Gasteiger partial charge in [0.1, 0.15) is 12.4 Å². The molecule has 3 rings (SSSR count). The molecule has 1 heterocycles. The smallest absolute Gasteiger partial charge is 0.257 e. The topological polar surface area (TPSA) is 91.4 Å². The number of imidazole rings is 1. The van der Waals surface area contributed by atoms with E-state index >= 15 is 0 Å². The molecule has 2 aromatic carbocycles. The molecule has 7 heteroatoms. The Balaban J connectivity index is 1.57. The summed E-state index contributed by atoms with van der Waals surface area (Å²) in [7, 11) is 0. The summed E-state index contributed by atoms with van der Waals surface area (Å²) in [5.74, 6) is 1.04. The molecule has 3 aromatic rings. The highest BCUT2D eigenvalue weighted by Gasteiger charge is 2.11. The third-order valence-electron chi connectivity index (χ3n) is 4.32. The maximum Gasteiger partial charge on any atom is 0.257 e. The number of carbonyl (C=O) groups excluding carboxylic acids is 1. The van der Waals surface area contributed by atoms with Gasteiger partial charge in [0.15, 0.2) is 5.96 Å². The average molecular weight is 406 g/mol. The monoisotopic (exact) mass is 405 g/mol. The van der Waals surface area contributed by atoms with Crippen LogP contribution in [-0.2, 0) is 6.42 Å². The Morgan fingerprint density at radius 1 is 1.13 bits per heavy atom. The van der Waals surface area contributed by atoms with E-state index in [1.165, 1.54) is 0 Å². The van der Waals surface area contributed by atoms with Gasteiger partial charge in [-0.05, 0) is 44.0 Å². The van der Waals surface area contributed by atoms with E-state index in [2.05, 4.69) is 25.6 Å². The Kier molecular flexibility index (Phi) is 8.02. The molecule has 0 radical (unpaired) electrons. The molecule has 3 N–H and O–H groups in total. The van der Waals surface area contributed by atoms with Gasteiger partial charge >= 0.3 is 0 Å². The van der Waals surface area contributed by atoms with Gasteiger partial charge in [-0.25, -0.2) is 4.98 Å². The van der Waals surface area contributed by atoms with Crippen molar-refractivity contribution < 1.29 is 9.53 Å². The number of ether oxygens (including phenoxy) is 1. The van der Waals surface area contributed by atoms with Gasteiger partial charge in [0.05, 0.1) is 12.4 Å². The molecule has 156 valence electrons. The van der Waals surface area contributed by atoms with Crippen LogP contribution in [0.5, 0.6) is 5.75 Å². The number of nitrogens with one attached hydrogen (secondary N) is 3. The van der Waals surface area contributed by atoms with E-state index < -0.39 is 0 Å². The first-order chi connectivity index (χ1) is 14.7. The molecular weight excluding hydrogens is 378 g/mol. The molecule has 0 fully saturated rings. The molecule has 0 spiro atoms. The summed E-state index contributed by atoms with van der Waals surface area (Å²) >= 11 is 0. The number of guanidine groups is 1. The fourth-order valence-electron chi connectivity index (χ4n) is 2.79. The number of nitrogens with zero attached hydrogens (tertiary/aromatic N) is 2. The molecule has 0 aliphatic heterocycles. The number of aromatic nitrogens is 2. The Morgan fingerprint density at radius 2 is 1.87 bits per heavy atom. The first kappa shape index (κ1) is 21.1. The highest BCUT2D eigenvalue weighted by Crippen LogP contribution is 2.08. The highest BCUT2D eigenvalue weighted by molar-refractivity contribution is 6.05. The summed E-state index contributed by atoms with van der Waals surface area (Å²) < 4.78 is 5.79. The van der Waals surface area contributed by atoms with Crippen LogP contribution in [0, 0.1) is 0 Å². The lowest BCUT2D eigenvalue weighted by Crippen LogP contribution is -2.46. The highest BCUT2D eigenvalue weighted by atomic mass is 16.5. The van der Waals surface area contributed by atoms with Crippen LogP contribution in [-0.4, -0.2) is 41.0 Å². The van der Waals surface area contributed by atoms with Crippen LogP contribution in [0.3, 0.4) is 0 Å². The van der Waals surface area contributed by atoms with Gasteiger partial charge in [-0.2, -0.15) is 0 Å². The number of aryl methyl sites for hydroxylation is 1. The Hall–Kier alpha value is -3.61. The van der Waals surface area contributed by atoms with E-state index in [1.54, 1.807) is 18.5 Å². The predicted molar refractivity (Wildman–Crippen MR) is 118 cm³/mol. The summed E-state index contributed by atoms with van der Waals surface area (Å²) in [4.78, 5) is 24.2. The lowest BCUT2D eigenvalue weighted by atomic mass is 10.2. The van der Waals surface area contributed by atoms with E-state index in [4.69, 9.17) is 4.74 Å². The number of benzene rings is 2. The minimum atomic E-state index is -0.202. The average Bonchev–Trinajstić information content (AvgIpc) is 3.30. The van der Waals surface area contributed by atoms with Gasteiger partial charge < -0.3 is 15.0 Å². The van der Waals surface area contributed by atoms with Crippen molar-refractivity contribution in [3.05, 3.63) is 84.4 Å². The van der Waals surface area contributed by atoms with Crippen molar-refractivity contribution in [2.24, 2.45) is 4.99 Å². The van der Waals surface area contributed by atoms with Crippen molar-refractivity contribution in [1.29, 1.82) is 0 Å². The summed E-state index contributed by atoms with van der Waals surface area (Å²) in [6, 6.07) is 18.7. The maximum atomic E-state index is 12.6. The standard InChI is InChI=1S/C23H27N5O2/c1-18(16-30-21-12-6-3-7-13-21)27-23(25-14-8-11-20-15-24-17-26-20)28-22(29)19-9-4-2-5-10-19/h2-7,9-10,12-13,15,17-18H,8,11,14,16H2,1H3,(H,24,26)(H2,25,27,28,29). The van der Waals surface area contributed by atoms with Crippen LogP contribution in [0.2, 0.25) is 0 Å². The second-order valence-electron chi connectivity index (χ2n) is 6.90. The number of hydrogen-bond donors (Lipinski definition) is 3. The SMILES string of the molecule is CC(COc1ccccc1)NC(=NCCCc1cnc[nH]1)NC(=O)c1ccccc1. The van der Waals surface area contributed by atoms with E-state index in [1.807, 2.05) is 61.7 Å². The number of amides is 1. The molecule has 1 unspecified atom stereocenters. The van der Waals surface area contributed by atoms with Crippen molar-refractivity contribution in [3.8, 4) is 5.75 Å². The summed E-state index contributed by atoms with van der Waals surface area (Å²) in [6.07, 6.45) is 5.16. The molecule has 1 amide bonds. The first-order valence-corrected chi connectivity index (χ1v) is 10.0.